The molecule has 0 aliphatic carbocycles. The predicted molar refractivity (Wildman–Crippen MR) is 53.0 cm³/mol. The first-order valence-corrected chi connectivity index (χ1v) is 5.31. The highest BCUT2D eigenvalue weighted by molar-refractivity contribution is 7.98. The van der Waals surface area contributed by atoms with Crippen LogP contribution in [-0.2, 0) is 0 Å². The van der Waals surface area contributed by atoms with Gasteiger partial charge >= 0.3 is 0 Å². The van der Waals surface area contributed by atoms with Crippen LogP contribution in [-0.4, -0.2) is 23.7 Å². The molecule has 0 fully saturated rings. The molecule has 0 aromatic rings. The molecule has 0 aliphatic heterocycles. The summed E-state index contributed by atoms with van der Waals surface area (Å²) in [4.78, 5) is 0. The zero-order valence-corrected chi connectivity index (χ0v) is 8.28. The van der Waals surface area contributed by atoms with Crippen molar-refractivity contribution in [2.75, 3.05) is 18.6 Å². The van der Waals surface area contributed by atoms with Crippen molar-refractivity contribution in [1.82, 2.24) is 0 Å². The van der Waals surface area contributed by atoms with Gasteiger partial charge in [0, 0.05) is 5.41 Å². The van der Waals surface area contributed by atoms with Crippen molar-refractivity contribution in [1.29, 1.82) is 0 Å². The molecule has 0 rings (SSSR count). The molecule has 0 heterocycles. The molecule has 66 valence electrons. The third kappa shape index (κ3) is 4.49. The lowest BCUT2D eigenvalue weighted by Gasteiger charge is -2.22. The topological polar surface area (TPSA) is 20.2 Å². The minimum absolute atomic E-state index is 0.0598. The summed E-state index contributed by atoms with van der Waals surface area (Å²) in [5.74, 6) is 1.17. The molecule has 0 spiro atoms. The molecule has 1 atom stereocenters. The van der Waals surface area contributed by atoms with Crippen molar-refractivity contribution >= 4 is 11.8 Å². The molecule has 1 unspecified atom stereocenters. The Morgan fingerprint density at radius 3 is 2.64 bits per heavy atom. The fraction of sp³-hybridized carbons (Fsp3) is 0.778. The van der Waals surface area contributed by atoms with E-state index in [1.807, 2.05) is 24.8 Å². The molecular weight excluding hydrogens is 156 g/mol. The van der Waals surface area contributed by atoms with E-state index in [0.717, 1.165) is 12.8 Å². The zero-order valence-electron chi connectivity index (χ0n) is 7.47. The lowest BCUT2D eigenvalue weighted by molar-refractivity contribution is 0.175. The Labute approximate surface area is 73.9 Å². The summed E-state index contributed by atoms with van der Waals surface area (Å²) in [5.41, 5.74) is -0.0598. The molecule has 0 aromatic carbocycles. The molecule has 0 radical (unpaired) electrons. The monoisotopic (exact) mass is 174 g/mol. The molecule has 2 heteroatoms. The molecule has 1 nitrogen and oxygen atoms in total. The Morgan fingerprint density at radius 2 is 2.27 bits per heavy atom. The van der Waals surface area contributed by atoms with Crippen molar-refractivity contribution in [3.05, 3.63) is 12.7 Å². The Bertz CT molecular complexity index is 114. The maximum absolute atomic E-state index is 9.01. The van der Waals surface area contributed by atoms with Gasteiger partial charge in [0.25, 0.3) is 0 Å². The van der Waals surface area contributed by atoms with E-state index < -0.39 is 0 Å². The van der Waals surface area contributed by atoms with Crippen LogP contribution >= 0.6 is 11.8 Å². The maximum Gasteiger partial charge on any atom is 0.0519 e. The summed E-state index contributed by atoms with van der Waals surface area (Å²) < 4.78 is 0. The molecule has 0 amide bonds. The minimum Gasteiger partial charge on any atom is -0.395 e. The molecule has 0 bridgehead atoms. The molecule has 0 aliphatic rings. The minimum atomic E-state index is -0.0598. The van der Waals surface area contributed by atoms with E-state index in [9.17, 15) is 0 Å². The van der Waals surface area contributed by atoms with E-state index in [-0.39, 0.29) is 12.0 Å². The summed E-state index contributed by atoms with van der Waals surface area (Å²) >= 11 is 1.85. The van der Waals surface area contributed by atoms with Gasteiger partial charge in [0.05, 0.1) is 6.61 Å². The van der Waals surface area contributed by atoms with Gasteiger partial charge < -0.3 is 5.11 Å². The summed E-state index contributed by atoms with van der Waals surface area (Å²) in [7, 11) is 0. The molecule has 0 aromatic heterocycles. The molecule has 11 heavy (non-hydrogen) atoms. The van der Waals surface area contributed by atoms with Crippen LogP contribution in [0.1, 0.15) is 19.8 Å². The number of aliphatic hydroxyl groups is 1. The third-order valence-corrected chi connectivity index (χ3v) is 2.65. The van der Waals surface area contributed by atoms with Gasteiger partial charge in [0.2, 0.25) is 0 Å². The van der Waals surface area contributed by atoms with Crippen molar-refractivity contribution in [3.8, 4) is 0 Å². The van der Waals surface area contributed by atoms with Gasteiger partial charge in [-0.25, -0.2) is 0 Å². The smallest absolute Gasteiger partial charge is 0.0519 e. The first-order valence-electron chi connectivity index (χ1n) is 3.92. The second-order valence-electron chi connectivity index (χ2n) is 3.11. The summed E-state index contributed by atoms with van der Waals surface area (Å²) in [5, 5.41) is 9.01. The highest BCUT2D eigenvalue weighted by Gasteiger charge is 2.17. The zero-order chi connectivity index (χ0) is 8.74. The fourth-order valence-corrected chi connectivity index (χ4v) is 1.30. The van der Waals surface area contributed by atoms with Gasteiger partial charge in [0.15, 0.2) is 0 Å². The molecule has 0 saturated carbocycles. The van der Waals surface area contributed by atoms with Crippen LogP contribution in [0.5, 0.6) is 0 Å². The van der Waals surface area contributed by atoms with Crippen LogP contribution in [0.2, 0.25) is 0 Å². The largest absolute Gasteiger partial charge is 0.395 e. The van der Waals surface area contributed by atoms with Crippen molar-refractivity contribution in [2.45, 2.75) is 19.8 Å². The molecular formula is C9H18OS. The van der Waals surface area contributed by atoms with Crippen molar-refractivity contribution < 1.29 is 5.11 Å². The number of aliphatic hydroxyl groups excluding tert-OH is 1. The van der Waals surface area contributed by atoms with Crippen molar-refractivity contribution in [2.24, 2.45) is 5.41 Å². The second-order valence-corrected chi connectivity index (χ2v) is 4.10. The van der Waals surface area contributed by atoms with Gasteiger partial charge in [-0.15, -0.1) is 6.58 Å². The standard InChI is InChI=1S/C9H18OS/c1-4-9(2,8-10)6-5-7-11-3/h4,10H,1,5-8H2,2-3H3. The number of rotatable bonds is 6. The molecule has 0 saturated heterocycles. The van der Waals surface area contributed by atoms with Gasteiger partial charge in [-0.05, 0) is 24.9 Å². The summed E-state index contributed by atoms with van der Waals surface area (Å²) in [6, 6.07) is 0. The average molecular weight is 174 g/mol. The van der Waals surface area contributed by atoms with Gasteiger partial charge in [-0.2, -0.15) is 11.8 Å². The normalized spacial score (nSPS) is 15.9. The average Bonchev–Trinajstić information content (AvgIpc) is 2.05. The summed E-state index contributed by atoms with van der Waals surface area (Å²) in [6.45, 7) is 5.97. The van der Waals surface area contributed by atoms with E-state index in [1.54, 1.807) is 0 Å². The Morgan fingerprint density at radius 1 is 1.64 bits per heavy atom. The first-order chi connectivity index (χ1) is 5.18. The fourth-order valence-electron chi connectivity index (χ4n) is 0.866. The second kappa shape index (κ2) is 5.67. The van der Waals surface area contributed by atoms with Gasteiger partial charge in [0.1, 0.15) is 0 Å². The van der Waals surface area contributed by atoms with Gasteiger partial charge in [-0.1, -0.05) is 13.0 Å². The number of thioether (sulfide) groups is 1. The van der Waals surface area contributed by atoms with Crippen LogP contribution in [0, 0.1) is 5.41 Å². The van der Waals surface area contributed by atoms with Gasteiger partial charge in [-0.3, -0.25) is 0 Å². The van der Waals surface area contributed by atoms with E-state index in [0.29, 0.717) is 0 Å². The van der Waals surface area contributed by atoms with Crippen LogP contribution in [0.15, 0.2) is 12.7 Å². The predicted octanol–water partition coefficient (Wildman–Crippen LogP) is 2.31. The number of hydrogen-bond acceptors (Lipinski definition) is 2. The Balaban J connectivity index is 3.60. The van der Waals surface area contributed by atoms with E-state index >= 15 is 0 Å². The highest BCUT2D eigenvalue weighted by Crippen LogP contribution is 2.24. The maximum atomic E-state index is 9.01. The summed E-state index contributed by atoms with van der Waals surface area (Å²) in [6.07, 6.45) is 6.15. The Hall–Kier alpha value is 0.0500. The van der Waals surface area contributed by atoms with E-state index in [2.05, 4.69) is 12.8 Å². The van der Waals surface area contributed by atoms with Crippen LogP contribution in [0.25, 0.3) is 0 Å². The van der Waals surface area contributed by atoms with E-state index in [1.165, 1.54) is 5.75 Å². The number of hydrogen-bond donors (Lipinski definition) is 1. The lowest BCUT2D eigenvalue weighted by Crippen LogP contribution is -2.18. The SMILES string of the molecule is C=CC(C)(CO)CCCSC. The van der Waals surface area contributed by atoms with Crippen LogP contribution in [0.4, 0.5) is 0 Å². The third-order valence-electron chi connectivity index (χ3n) is 1.95. The van der Waals surface area contributed by atoms with Crippen LogP contribution < -0.4 is 0 Å². The Kier molecular flexibility index (Phi) is 5.69. The van der Waals surface area contributed by atoms with E-state index in [4.69, 9.17) is 5.11 Å². The van der Waals surface area contributed by atoms with Crippen molar-refractivity contribution in [3.63, 3.8) is 0 Å². The quantitative estimate of drug-likeness (QED) is 0.492. The molecule has 1 N–H and O–H groups in total. The highest BCUT2D eigenvalue weighted by atomic mass is 32.2. The lowest BCUT2D eigenvalue weighted by atomic mass is 9.87. The first kappa shape index (κ1) is 11.1. The van der Waals surface area contributed by atoms with Crippen LogP contribution in [0.3, 0.4) is 0 Å².